The average molecular weight is 457 g/mol. The first-order valence-electron chi connectivity index (χ1n) is 7.69. The molecule has 0 aromatic rings. The number of ether oxygens (including phenoxy) is 3. The number of rotatable bonds is 7. The Labute approximate surface area is 157 Å². The monoisotopic (exact) mass is 457 g/mol. The van der Waals surface area contributed by atoms with E-state index < -0.39 is 35.1 Å². The quantitative estimate of drug-likeness (QED) is 0.274. The zero-order valence-electron chi connectivity index (χ0n) is 15.4. The van der Waals surface area contributed by atoms with Gasteiger partial charge in [0.1, 0.15) is 22.9 Å². The van der Waals surface area contributed by atoms with Gasteiger partial charge in [-0.15, -0.1) is 0 Å². The molecule has 0 fully saturated rings. The Morgan fingerprint density at radius 2 is 1.58 bits per heavy atom. The number of carbonyl (C=O) groups excluding carboxylic acids is 3. The summed E-state index contributed by atoms with van der Waals surface area (Å²) in [6, 6.07) is -0.865. The lowest BCUT2D eigenvalue weighted by molar-refractivity contribution is -0.161. The van der Waals surface area contributed by atoms with Gasteiger partial charge in [0.2, 0.25) is 0 Å². The number of alkyl carbamates (subject to hydrolysis) is 1. The zero-order chi connectivity index (χ0) is 19.1. The SMILES string of the molecule is CC(C)[C@H](NC(=O)OC(C)(C)C)C(=O)OCC(C)(C)C(=O)OCI. The Morgan fingerprint density at radius 3 is 2.00 bits per heavy atom. The fourth-order valence-corrected chi connectivity index (χ4v) is 1.86. The van der Waals surface area contributed by atoms with Crippen LogP contribution in [-0.2, 0) is 23.8 Å². The van der Waals surface area contributed by atoms with Crippen molar-refractivity contribution in [2.75, 3.05) is 11.2 Å². The topological polar surface area (TPSA) is 90.9 Å². The van der Waals surface area contributed by atoms with Gasteiger partial charge in [0.05, 0.1) is 5.41 Å². The molecule has 8 heteroatoms. The normalized spacial score (nSPS) is 13.2. The number of nitrogens with one attached hydrogen (secondary N) is 1. The van der Waals surface area contributed by atoms with Gasteiger partial charge in [-0.05, 0) is 63.1 Å². The molecule has 1 N–H and O–H groups in total. The average Bonchev–Trinajstić information content (AvgIpc) is 2.40. The number of esters is 2. The lowest BCUT2D eigenvalue weighted by atomic mass is 9.95. The second kappa shape index (κ2) is 9.43. The largest absolute Gasteiger partial charge is 0.463 e. The molecule has 0 unspecified atom stereocenters. The molecule has 0 aliphatic rings. The van der Waals surface area contributed by atoms with Crippen molar-refractivity contribution in [3.05, 3.63) is 0 Å². The zero-order valence-corrected chi connectivity index (χ0v) is 17.6. The Hall–Kier alpha value is -1.06. The Kier molecular flexibility index (Phi) is 9.01. The van der Waals surface area contributed by atoms with Crippen LogP contribution in [0, 0.1) is 11.3 Å². The maximum absolute atomic E-state index is 12.3. The van der Waals surface area contributed by atoms with Crippen molar-refractivity contribution >= 4 is 40.6 Å². The van der Waals surface area contributed by atoms with E-state index in [1.165, 1.54) is 0 Å². The molecule has 0 radical (unpaired) electrons. The Bertz CT molecular complexity index is 456. The number of hydrogen-bond acceptors (Lipinski definition) is 6. The van der Waals surface area contributed by atoms with Gasteiger partial charge in [-0.1, -0.05) is 13.8 Å². The van der Waals surface area contributed by atoms with Crippen LogP contribution in [-0.4, -0.2) is 40.9 Å². The second-order valence-electron chi connectivity index (χ2n) is 7.40. The van der Waals surface area contributed by atoms with Crippen LogP contribution in [0.1, 0.15) is 48.5 Å². The van der Waals surface area contributed by atoms with Gasteiger partial charge in [-0.2, -0.15) is 0 Å². The lowest BCUT2D eigenvalue weighted by Gasteiger charge is -2.26. The van der Waals surface area contributed by atoms with Crippen LogP contribution < -0.4 is 5.32 Å². The Morgan fingerprint density at radius 1 is 1.04 bits per heavy atom. The van der Waals surface area contributed by atoms with Crippen molar-refractivity contribution in [1.82, 2.24) is 5.32 Å². The molecule has 0 spiro atoms. The minimum absolute atomic E-state index is 0.138. The minimum Gasteiger partial charge on any atom is -0.463 e. The highest BCUT2D eigenvalue weighted by Gasteiger charge is 2.34. The summed E-state index contributed by atoms with van der Waals surface area (Å²) in [5.74, 6) is -1.27. The predicted octanol–water partition coefficient (Wildman–Crippen LogP) is 3.04. The summed E-state index contributed by atoms with van der Waals surface area (Å²) < 4.78 is 15.5. The van der Waals surface area contributed by atoms with Crippen LogP contribution in [0.2, 0.25) is 0 Å². The van der Waals surface area contributed by atoms with E-state index in [9.17, 15) is 14.4 Å². The van der Waals surface area contributed by atoms with Crippen molar-refractivity contribution in [2.24, 2.45) is 11.3 Å². The molecule has 0 saturated heterocycles. The van der Waals surface area contributed by atoms with Gasteiger partial charge in [0.15, 0.2) is 0 Å². The third-order valence-electron chi connectivity index (χ3n) is 2.91. The molecule has 0 bridgehead atoms. The second-order valence-corrected chi connectivity index (χ2v) is 8.02. The summed E-state index contributed by atoms with van der Waals surface area (Å²) in [6.07, 6.45) is -0.693. The summed E-state index contributed by atoms with van der Waals surface area (Å²) in [4.78, 5) is 35.9. The number of amides is 1. The first kappa shape index (κ1) is 22.9. The van der Waals surface area contributed by atoms with E-state index in [-0.39, 0.29) is 17.1 Å². The molecule has 0 aliphatic heterocycles. The molecule has 140 valence electrons. The molecular weight excluding hydrogens is 429 g/mol. The number of alkyl halides is 1. The number of hydrogen-bond donors (Lipinski definition) is 1. The van der Waals surface area contributed by atoms with Crippen LogP contribution in [0.15, 0.2) is 0 Å². The van der Waals surface area contributed by atoms with Gasteiger partial charge < -0.3 is 19.5 Å². The van der Waals surface area contributed by atoms with Crippen LogP contribution >= 0.6 is 22.6 Å². The van der Waals surface area contributed by atoms with E-state index in [4.69, 9.17) is 14.2 Å². The molecule has 1 amide bonds. The third-order valence-corrected chi connectivity index (χ3v) is 3.22. The highest BCUT2D eigenvalue weighted by atomic mass is 127. The standard InChI is InChI=1S/C16H28INO6/c1-10(2)11(18-14(21)24-15(3,4)5)12(19)22-8-16(6,7)13(20)23-9-17/h10-11H,8-9H2,1-7H3,(H,18,21)/t11-/m0/s1. The minimum atomic E-state index is -0.964. The molecule has 0 aromatic carbocycles. The summed E-state index contributed by atoms with van der Waals surface area (Å²) >= 11 is 1.92. The molecule has 0 aliphatic carbocycles. The van der Waals surface area contributed by atoms with Gasteiger partial charge in [-0.3, -0.25) is 4.79 Å². The summed E-state index contributed by atoms with van der Waals surface area (Å²) in [5.41, 5.74) is -1.63. The van der Waals surface area contributed by atoms with Crippen LogP contribution in [0.4, 0.5) is 4.79 Å². The summed E-state index contributed by atoms with van der Waals surface area (Å²) in [7, 11) is 0. The smallest absolute Gasteiger partial charge is 0.408 e. The van der Waals surface area contributed by atoms with Crippen molar-refractivity contribution in [3.8, 4) is 0 Å². The van der Waals surface area contributed by atoms with E-state index in [0.29, 0.717) is 0 Å². The molecule has 7 nitrogen and oxygen atoms in total. The van der Waals surface area contributed by atoms with Crippen molar-refractivity contribution in [2.45, 2.75) is 60.1 Å². The number of halogens is 1. The van der Waals surface area contributed by atoms with E-state index >= 15 is 0 Å². The predicted molar refractivity (Wildman–Crippen MR) is 97.7 cm³/mol. The maximum atomic E-state index is 12.3. The lowest BCUT2D eigenvalue weighted by Crippen LogP contribution is -2.48. The highest BCUT2D eigenvalue weighted by molar-refractivity contribution is 14.1. The van der Waals surface area contributed by atoms with Crippen LogP contribution in [0.5, 0.6) is 0 Å². The van der Waals surface area contributed by atoms with Crippen LogP contribution in [0.3, 0.4) is 0 Å². The van der Waals surface area contributed by atoms with Crippen molar-refractivity contribution in [3.63, 3.8) is 0 Å². The van der Waals surface area contributed by atoms with E-state index in [1.54, 1.807) is 48.5 Å². The fourth-order valence-electron chi connectivity index (χ4n) is 1.58. The summed E-state index contributed by atoms with van der Waals surface area (Å²) in [6.45, 7) is 11.9. The molecule has 0 rings (SSSR count). The van der Waals surface area contributed by atoms with Gasteiger partial charge >= 0.3 is 18.0 Å². The maximum Gasteiger partial charge on any atom is 0.408 e. The highest BCUT2D eigenvalue weighted by Crippen LogP contribution is 2.19. The fraction of sp³-hybridized carbons (Fsp3) is 0.812. The molecule has 0 aromatic heterocycles. The molecular formula is C16H28INO6. The molecule has 0 saturated carbocycles. The van der Waals surface area contributed by atoms with E-state index in [0.717, 1.165) is 0 Å². The van der Waals surface area contributed by atoms with E-state index in [2.05, 4.69) is 5.32 Å². The van der Waals surface area contributed by atoms with E-state index in [1.807, 2.05) is 22.6 Å². The van der Waals surface area contributed by atoms with Crippen molar-refractivity contribution < 1.29 is 28.6 Å². The first-order valence-corrected chi connectivity index (χ1v) is 9.22. The van der Waals surface area contributed by atoms with Crippen LogP contribution in [0.25, 0.3) is 0 Å². The van der Waals surface area contributed by atoms with Crippen molar-refractivity contribution in [1.29, 1.82) is 0 Å². The van der Waals surface area contributed by atoms with Gasteiger partial charge in [-0.25, -0.2) is 9.59 Å². The number of carbonyl (C=O) groups is 3. The first-order chi connectivity index (χ1) is 10.8. The molecule has 1 atom stereocenters. The van der Waals surface area contributed by atoms with Gasteiger partial charge in [0, 0.05) is 0 Å². The molecule has 24 heavy (non-hydrogen) atoms. The third kappa shape index (κ3) is 8.70. The Balaban J connectivity index is 4.77. The summed E-state index contributed by atoms with van der Waals surface area (Å²) in [5, 5.41) is 2.51. The molecule has 0 heterocycles. The van der Waals surface area contributed by atoms with Gasteiger partial charge in [0.25, 0.3) is 0 Å².